The SMILES string of the molecule is CC[C@H]1OC(=O)[C@H](C)C(=O)[C@H](C)[C@@H](O[C@@H]2O[C@H](C)C[C@H](N(C)C)[C@H]2O)[C@@]2(C)C[C@@H](C)C3=NC(=O)C(C/C=C/c4ccc(N)nc4)O/N=C(\CO[C@@H]([C@@H]3C)[C@]1(C)O)CO2. The van der Waals surface area contributed by atoms with E-state index >= 15 is 0 Å². The van der Waals surface area contributed by atoms with Gasteiger partial charge in [-0.15, -0.1) is 0 Å². The lowest BCUT2D eigenvalue weighted by Gasteiger charge is -2.47. The standard InChI is InChI=1S/C42H63N5O11/c1-11-31-42(8,52)37-24(4)33-22(2)18-41(7,36(25(5)34(48)26(6)39(51)56-31)57-40-35(49)29(47(9)10)17-23(3)55-40)54-21-28(20-53-37)46-58-30(38(50)45-33)14-12-13-27-15-16-32(43)44-19-27/h12-13,15-16,19,22-26,29-31,35-37,40,49,52H,11,14,17-18,20-21H2,1-10H3,(H2,43,44)/b13-12+,45-33?,46-28+/t22-,23-,24-,25+,26-,29+,30?,31-,35-,36-,37+,40+,41-,42-/m1/s1. The minimum absolute atomic E-state index is 0.109. The third-order valence-corrected chi connectivity index (χ3v) is 12.1. The van der Waals surface area contributed by atoms with Crippen molar-refractivity contribution in [3.63, 3.8) is 0 Å². The molecule has 4 aliphatic heterocycles. The van der Waals surface area contributed by atoms with E-state index in [4.69, 9.17) is 39.2 Å². The second-order valence-corrected chi connectivity index (χ2v) is 17.1. The molecule has 1 aromatic heterocycles. The van der Waals surface area contributed by atoms with Gasteiger partial charge in [-0.25, -0.2) is 9.98 Å². The van der Waals surface area contributed by atoms with Crippen LogP contribution >= 0.6 is 0 Å². The summed E-state index contributed by atoms with van der Waals surface area (Å²) in [6.07, 6.45) is -0.862. The highest BCUT2D eigenvalue weighted by molar-refractivity contribution is 6.01. The zero-order valence-electron chi connectivity index (χ0n) is 35.5. The van der Waals surface area contributed by atoms with Crippen molar-refractivity contribution in [2.75, 3.05) is 33.0 Å². The number of aliphatic imine (C=N–C) groups is 1. The Kier molecular flexibility index (Phi) is 14.7. The highest BCUT2D eigenvalue weighted by Gasteiger charge is 2.53. The number of nitrogens with zero attached hydrogens (tertiary/aromatic N) is 4. The lowest BCUT2D eigenvalue weighted by atomic mass is 9.73. The molecule has 0 aromatic carbocycles. The third-order valence-electron chi connectivity index (χ3n) is 12.1. The molecule has 322 valence electrons. The molecule has 1 amide bonds. The van der Waals surface area contributed by atoms with Gasteiger partial charge in [-0.2, -0.15) is 0 Å². The van der Waals surface area contributed by atoms with Crippen LogP contribution in [0.1, 0.15) is 86.6 Å². The van der Waals surface area contributed by atoms with Crippen molar-refractivity contribution in [1.29, 1.82) is 0 Å². The van der Waals surface area contributed by atoms with Crippen LogP contribution in [0, 0.1) is 23.7 Å². The number of amides is 1. The molecule has 0 aliphatic carbocycles. The molecule has 0 radical (unpaired) electrons. The third kappa shape index (κ3) is 10.0. The predicted octanol–water partition coefficient (Wildman–Crippen LogP) is 3.36. The number of ether oxygens (including phenoxy) is 5. The van der Waals surface area contributed by atoms with Crippen LogP contribution in [0.5, 0.6) is 0 Å². The van der Waals surface area contributed by atoms with E-state index in [0.717, 1.165) is 5.56 Å². The van der Waals surface area contributed by atoms with Crippen LogP contribution in [0.25, 0.3) is 6.08 Å². The average Bonchev–Trinajstić information content (AvgIpc) is 3.20. The number of oxime groups is 1. The van der Waals surface area contributed by atoms with Gasteiger partial charge in [-0.1, -0.05) is 45.0 Å². The molecule has 3 saturated heterocycles. The van der Waals surface area contributed by atoms with Gasteiger partial charge in [-0.3, -0.25) is 14.4 Å². The maximum absolute atomic E-state index is 14.4. The Balaban J connectivity index is 1.66. The first-order valence-electron chi connectivity index (χ1n) is 20.4. The van der Waals surface area contributed by atoms with E-state index in [9.17, 15) is 24.6 Å². The Morgan fingerprint density at radius 1 is 1.07 bits per heavy atom. The smallest absolute Gasteiger partial charge is 0.316 e. The number of fused-ring (bicyclic) bond motifs is 4. The summed E-state index contributed by atoms with van der Waals surface area (Å²) in [5.41, 5.74) is 3.92. The van der Waals surface area contributed by atoms with Gasteiger partial charge in [0, 0.05) is 36.2 Å². The van der Waals surface area contributed by atoms with E-state index in [1.807, 2.05) is 39.8 Å². The Labute approximate surface area is 341 Å². The normalized spacial score (nSPS) is 40.5. The van der Waals surface area contributed by atoms with Gasteiger partial charge in [0.15, 0.2) is 12.1 Å². The zero-order valence-corrected chi connectivity index (χ0v) is 35.5. The Morgan fingerprint density at radius 2 is 1.79 bits per heavy atom. The fourth-order valence-electron chi connectivity index (χ4n) is 8.79. The number of aliphatic hydroxyl groups excluding tert-OH is 1. The second-order valence-electron chi connectivity index (χ2n) is 17.1. The van der Waals surface area contributed by atoms with Crippen molar-refractivity contribution in [3.05, 3.63) is 30.0 Å². The minimum Gasteiger partial charge on any atom is -0.459 e. The van der Waals surface area contributed by atoms with Crippen LogP contribution in [0.2, 0.25) is 0 Å². The summed E-state index contributed by atoms with van der Waals surface area (Å²) in [5.74, 6) is -5.09. The molecule has 0 saturated carbocycles. The number of aliphatic hydroxyl groups is 2. The van der Waals surface area contributed by atoms with Crippen molar-refractivity contribution in [1.82, 2.24) is 9.88 Å². The van der Waals surface area contributed by atoms with Crippen LogP contribution in [-0.2, 0) is 42.9 Å². The molecule has 4 aliphatic rings. The summed E-state index contributed by atoms with van der Waals surface area (Å²) in [5, 5.41) is 28.4. The van der Waals surface area contributed by atoms with E-state index in [1.54, 1.807) is 51.3 Å². The summed E-state index contributed by atoms with van der Waals surface area (Å²) >= 11 is 0. The highest BCUT2D eigenvalue weighted by Crippen LogP contribution is 2.40. The largest absolute Gasteiger partial charge is 0.459 e. The molecule has 1 unspecified atom stereocenters. The summed E-state index contributed by atoms with van der Waals surface area (Å²) in [7, 11) is 3.73. The number of hydrogen-bond donors (Lipinski definition) is 3. The van der Waals surface area contributed by atoms with Crippen LogP contribution < -0.4 is 5.73 Å². The summed E-state index contributed by atoms with van der Waals surface area (Å²) < 4.78 is 32.3. The first kappa shape index (κ1) is 45.4. The van der Waals surface area contributed by atoms with Crippen molar-refractivity contribution in [2.45, 2.75) is 141 Å². The molecule has 16 heteroatoms. The number of esters is 1. The summed E-state index contributed by atoms with van der Waals surface area (Å²) in [6, 6.07) is 3.16. The number of ketones is 1. The number of carbonyl (C=O) groups is 3. The first-order valence-corrected chi connectivity index (χ1v) is 20.4. The number of Topliss-reactive ketones (excluding diaryl/α,β-unsaturated/α-hetero) is 1. The second kappa shape index (κ2) is 18.7. The molecule has 58 heavy (non-hydrogen) atoms. The molecular formula is C42H63N5O11. The molecule has 4 bridgehead atoms. The molecular weight excluding hydrogens is 750 g/mol. The Bertz CT molecular complexity index is 1720. The monoisotopic (exact) mass is 813 g/mol. The molecule has 14 atom stereocenters. The number of aromatic nitrogens is 1. The Morgan fingerprint density at radius 3 is 2.45 bits per heavy atom. The van der Waals surface area contributed by atoms with Gasteiger partial charge in [0.05, 0.1) is 37.1 Å². The highest BCUT2D eigenvalue weighted by atomic mass is 16.7. The van der Waals surface area contributed by atoms with Crippen molar-refractivity contribution >= 4 is 41.0 Å². The Hall–Kier alpha value is -3.64. The molecule has 1 aromatic rings. The van der Waals surface area contributed by atoms with Crippen molar-refractivity contribution in [2.24, 2.45) is 33.8 Å². The average molecular weight is 814 g/mol. The van der Waals surface area contributed by atoms with Crippen LogP contribution in [0.4, 0.5) is 5.82 Å². The predicted molar refractivity (Wildman–Crippen MR) is 216 cm³/mol. The number of likely N-dealkylation sites (N-methyl/N-ethyl adjacent to an activating group) is 1. The maximum Gasteiger partial charge on any atom is 0.316 e. The van der Waals surface area contributed by atoms with E-state index in [0.29, 0.717) is 18.0 Å². The molecule has 5 heterocycles. The molecule has 16 nitrogen and oxygen atoms in total. The van der Waals surface area contributed by atoms with E-state index in [1.165, 1.54) is 13.8 Å². The van der Waals surface area contributed by atoms with Crippen LogP contribution in [0.3, 0.4) is 0 Å². The number of hydrogen-bond acceptors (Lipinski definition) is 15. The topological polar surface area (TPSA) is 214 Å². The molecule has 4 N–H and O–H groups in total. The summed E-state index contributed by atoms with van der Waals surface area (Å²) in [4.78, 5) is 59.2. The number of rotatable bonds is 7. The van der Waals surface area contributed by atoms with Gasteiger partial charge in [-0.05, 0) is 84.7 Å². The molecule has 3 fully saturated rings. The summed E-state index contributed by atoms with van der Waals surface area (Å²) in [6.45, 7) is 13.4. The number of anilines is 1. The van der Waals surface area contributed by atoms with Crippen molar-refractivity contribution in [3.8, 4) is 0 Å². The number of nitrogens with two attached hydrogens (primary N) is 1. The zero-order chi connectivity index (χ0) is 42.7. The number of cyclic esters (lactones) is 1. The van der Waals surface area contributed by atoms with Crippen molar-refractivity contribution < 1.29 is 53.1 Å². The van der Waals surface area contributed by atoms with E-state index in [2.05, 4.69) is 10.1 Å². The minimum atomic E-state index is -1.83. The van der Waals surface area contributed by atoms with Gasteiger partial charge in [0.2, 0.25) is 6.10 Å². The number of pyridine rings is 1. The fourth-order valence-corrected chi connectivity index (χ4v) is 8.79. The van der Waals surface area contributed by atoms with Crippen LogP contribution in [-0.4, -0.2) is 137 Å². The lowest BCUT2D eigenvalue weighted by molar-refractivity contribution is -0.296. The van der Waals surface area contributed by atoms with E-state index < -0.39 is 89.3 Å². The van der Waals surface area contributed by atoms with Gasteiger partial charge >= 0.3 is 5.97 Å². The van der Waals surface area contributed by atoms with Gasteiger partial charge in [0.1, 0.15) is 35.3 Å². The van der Waals surface area contributed by atoms with Gasteiger partial charge < -0.3 is 49.4 Å². The first-order chi connectivity index (χ1) is 27.3. The fraction of sp³-hybridized carbons (Fsp3) is 0.714. The molecule has 5 rings (SSSR count). The van der Waals surface area contributed by atoms with Gasteiger partial charge in [0.25, 0.3) is 5.91 Å². The quantitative estimate of drug-likeness (QED) is 0.266. The number of nitrogen functional groups attached to an aromatic ring is 1. The van der Waals surface area contributed by atoms with Crippen LogP contribution in [0.15, 0.2) is 34.6 Å². The lowest BCUT2D eigenvalue weighted by Crippen LogP contribution is -2.60. The number of carbonyl (C=O) groups excluding carboxylic acids is 3. The maximum atomic E-state index is 14.4. The van der Waals surface area contributed by atoms with E-state index in [-0.39, 0.29) is 50.3 Å². The molecule has 0 spiro atoms.